The van der Waals surface area contributed by atoms with Gasteiger partial charge in [0.25, 0.3) is 0 Å². The van der Waals surface area contributed by atoms with Crippen LogP contribution in [0.25, 0.3) is 0 Å². The Hall–Kier alpha value is -3.47. The number of hydrogen-bond acceptors (Lipinski definition) is 6. The van der Waals surface area contributed by atoms with Crippen LogP contribution in [0.2, 0.25) is 0 Å². The Balaban J connectivity index is 1.92. The molecule has 1 heterocycles. The Kier molecular flexibility index (Phi) is 12.5. The van der Waals surface area contributed by atoms with Crippen molar-refractivity contribution in [1.29, 1.82) is 0 Å². The van der Waals surface area contributed by atoms with Crippen LogP contribution in [0.5, 0.6) is 0 Å². The fourth-order valence-electron chi connectivity index (χ4n) is 4.37. The number of piperidine rings is 1. The number of nitrogens with one attached hydrogen (secondary N) is 3. The summed E-state index contributed by atoms with van der Waals surface area (Å²) in [6.07, 6.45) is 3.43. The van der Waals surface area contributed by atoms with Gasteiger partial charge in [0.05, 0.1) is 13.0 Å². The third kappa shape index (κ3) is 11.0. The van der Waals surface area contributed by atoms with Gasteiger partial charge in [-0.15, -0.1) is 0 Å². The quantitative estimate of drug-likeness (QED) is 0.227. The monoisotopic (exact) mass is 518 g/mol. The summed E-state index contributed by atoms with van der Waals surface area (Å²) in [5.74, 6) is -3.82. The highest BCUT2D eigenvalue weighted by Gasteiger charge is 2.29. The average molecular weight is 519 g/mol. The van der Waals surface area contributed by atoms with Gasteiger partial charge in [-0.2, -0.15) is 0 Å². The van der Waals surface area contributed by atoms with Crippen molar-refractivity contribution in [3.05, 3.63) is 35.9 Å². The molecule has 0 unspecified atom stereocenters. The van der Waals surface area contributed by atoms with Crippen LogP contribution in [-0.2, 0) is 30.4 Å². The SMILES string of the molecule is CCN(CC(=O)N[C@@H](CC(=O)O)C(=O)N[C@@H](Cc1ccccc1)C(=O)O)C(=O)CCCC1CCNCC1. The van der Waals surface area contributed by atoms with Crippen molar-refractivity contribution in [3.8, 4) is 0 Å². The van der Waals surface area contributed by atoms with Gasteiger partial charge in [0.2, 0.25) is 17.7 Å². The topological polar surface area (TPSA) is 165 Å². The van der Waals surface area contributed by atoms with Crippen LogP contribution in [0.1, 0.15) is 51.0 Å². The number of carboxylic acids is 2. The summed E-state index contributed by atoms with van der Waals surface area (Å²) in [4.78, 5) is 62.4. The lowest BCUT2D eigenvalue weighted by atomic mass is 9.92. The molecule has 1 aliphatic heterocycles. The van der Waals surface area contributed by atoms with Crippen LogP contribution in [0, 0.1) is 5.92 Å². The van der Waals surface area contributed by atoms with Gasteiger partial charge < -0.3 is 31.1 Å². The highest BCUT2D eigenvalue weighted by molar-refractivity contribution is 5.94. The molecule has 3 amide bonds. The molecule has 37 heavy (non-hydrogen) atoms. The summed E-state index contributed by atoms with van der Waals surface area (Å²) < 4.78 is 0. The standard InChI is InChI=1S/C26H38N4O7/c1-2-30(23(32)10-6-9-18-11-13-27-14-12-18)17-22(31)28-20(16-24(33)34)25(35)29-21(26(36)37)15-19-7-4-3-5-8-19/h3-5,7-8,18,20-21,27H,2,6,9-17H2,1H3,(H,28,31)(H,29,35)(H,33,34)(H,36,37)/t20-,21-/m0/s1. The first-order valence-corrected chi connectivity index (χ1v) is 12.8. The molecule has 2 atom stereocenters. The lowest BCUT2D eigenvalue weighted by Gasteiger charge is -2.25. The van der Waals surface area contributed by atoms with Gasteiger partial charge in [0.1, 0.15) is 12.1 Å². The Bertz CT molecular complexity index is 919. The maximum Gasteiger partial charge on any atom is 0.326 e. The molecule has 0 bridgehead atoms. The van der Waals surface area contributed by atoms with E-state index in [1.54, 1.807) is 37.3 Å². The van der Waals surface area contributed by atoms with Crippen LogP contribution < -0.4 is 16.0 Å². The van der Waals surface area contributed by atoms with E-state index in [2.05, 4.69) is 16.0 Å². The lowest BCUT2D eigenvalue weighted by molar-refractivity contribution is -0.144. The zero-order valence-electron chi connectivity index (χ0n) is 21.3. The molecule has 1 aromatic carbocycles. The van der Waals surface area contributed by atoms with E-state index in [-0.39, 0.29) is 25.4 Å². The van der Waals surface area contributed by atoms with Crippen LogP contribution in [0.3, 0.4) is 0 Å². The molecule has 1 aliphatic rings. The molecular formula is C26H38N4O7. The number of likely N-dealkylation sites (N-methyl/N-ethyl adjacent to an activating group) is 1. The molecule has 1 saturated heterocycles. The normalized spacial score (nSPS) is 15.3. The second-order valence-electron chi connectivity index (χ2n) is 9.30. The first-order chi connectivity index (χ1) is 17.7. The first kappa shape index (κ1) is 29.8. The Morgan fingerprint density at radius 1 is 1.03 bits per heavy atom. The van der Waals surface area contributed by atoms with Gasteiger partial charge in [-0.1, -0.05) is 30.3 Å². The van der Waals surface area contributed by atoms with E-state index in [1.165, 1.54) is 4.90 Å². The predicted molar refractivity (Wildman–Crippen MR) is 136 cm³/mol. The predicted octanol–water partition coefficient (Wildman–Crippen LogP) is 0.776. The van der Waals surface area contributed by atoms with E-state index in [4.69, 9.17) is 0 Å². The summed E-state index contributed by atoms with van der Waals surface area (Å²) in [5, 5.41) is 26.8. The minimum absolute atomic E-state index is 0.00879. The van der Waals surface area contributed by atoms with Crippen molar-refractivity contribution in [2.24, 2.45) is 5.92 Å². The highest BCUT2D eigenvalue weighted by atomic mass is 16.4. The molecule has 5 N–H and O–H groups in total. The summed E-state index contributed by atoms with van der Waals surface area (Å²) in [7, 11) is 0. The Morgan fingerprint density at radius 2 is 1.70 bits per heavy atom. The maximum atomic E-state index is 12.8. The maximum absolute atomic E-state index is 12.8. The second-order valence-corrected chi connectivity index (χ2v) is 9.30. The van der Waals surface area contributed by atoms with Crippen molar-refractivity contribution < 1.29 is 34.2 Å². The minimum atomic E-state index is -1.49. The molecule has 0 radical (unpaired) electrons. The van der Waals surface area contributed by atoms with Gasteiger partial charge >= 0.3 is 11.9 Å². The van der Waals surface area contributed by atoms with E-state index < -0.39 is 42.3 Å². The van der Waals surface area contributed by atoms with Gasteiger partial charge in [0, 0.05) is 19.4 Å². The fourth-order valence-corrected chi connectivity index (χ4v) is 4.37. The number of nitrogens with zero attached hydrogens (tertiary/aromatic N) is 1. The van der Waals surface area contributed by atoms with E-state index in [1.807, 2.05) is 0 Å². The lowest BCUT2D eigenvalue weighted by Crippen LogP contribution is -2.54. The molecule has 204 valence electrons. The second kappa shape index (κ2) is 15.6. The first-order valence-electron chi connectivity index (χ1n) is 12.8. The highest BCUT2D eigenvalue weighted by Crippen LogP contribution is 2.19. The van der Waals surface area contributed by atoms with Crippen molar-refractivity contribution in [1.82, 2.24) is 20.9 Å². The number of aliphatic carboxylic acids is 2. The van der Waals surface area contributed by atoms with Gasteiger partial charge in [0.15, 0.2) is 0 Å². The van der Waals surface area contributed by atoms with Gasteiger partial charge in [-0.3, -0.25) is 19.2 Å². The molecule has 11 heteroatoms. The summed E-state index contributed by atoms with van der Waals surface area (Å²) >= 11 is 0. The zero-order chi connectivity index (χ0) is 27.2. The molecule has 0 aromatic heterocycles. The van der Waals surface area contributed by atoms with E-state index in [9.17, 15) is 34.2 Å². The van der Waals surface area contributed by atoms with Crippen LogP contribution in [0.4, 0.5) is 0 Å². The largest absolute Gasteiger partial charge is 0.481 e. The summed E-state index contributed by atoms with van der Waals surface area (Å²) in [6.45, 7) is 3.68. The molecule has 11 nitrogen and oxygen atoms in total. The Labute approximate surface area is 217 Å². The van der Waals surface area contributed by atoms with Crippen LogP contribution in [-0.4, -0.2) is 83.0 Å². The van der Waals surface area contributed by atoms with E-state index in [0.29, 0.717) is 17.9 Å². The molecule has 0 saturated carbocycles. The van der Waals surface area contributed by atoms with Crippen LogP contribution >= 0.6 is 0 Å². The smallest absolute Gasteiger partial charge is 0.326 e. The molecule has 0 aliphatic carbocycles. The van der Waals surface area contributed by atoms with Crippen molar-refractivity contribution in [2.75, 3.05) is 26.2 Å². The van der Waals surface area contributed by atoms with Crippen molar-refractivity contribution in [2.45, 2.75) is 64.0 Å². The molecule has 2 rings (SSSR count). The van der Waals surface area contributed by atoms with Crippen molar-refractivity contribution >= 4 is 29.7 Å². The molecular weight excluding hydrogens is 480 g/mol. The van der Waals surface area contributed by atoms with Gasteiger partial charge in [-0.05, 0) is 57.2 Å². The number of carboxylic acid groups (broad SMARTS) is 2. The zero-order valence-corrected chi connectivity index (χ0v) is 21.3. The van der Waals surface area contributed by atoms with Crippen molar-refractivity contribution in [3.63, 3.8) is 0 Å². The Morgan fingerprint density at radius 3 is 2.30 bits per heavy atom. The average Bonchev–Trinajstić information content (AvgIpc) is 2.87. The number of benzene rings is 1. The number of carbonyl (C=O) groups excluding carboxylic acids is 3. The molecule has 1 aromatic rings. The number of rotatable bonds is 15. The third-order valence-corrected chi connectivity index (χ3v) is 6.46. The summed E-state index contributed by atoms with van der Waals surface area (Å²) in [5.41, 5.74) is 0.672. The molecule has 0 spiro atoms. The van der Waals surface area contributed by atoms with E-state index in [0.717, 1.165) is 38.8 Å². The third-order valence-electron chi connectivity index (χ3n) is 6.46. The number of amides is 3. The number of hydrogen-bond donors (Lipinski definition) is 5. The van der Waals surface area contributed by atoms with Crippen LogP contribution in [0.15, 0.2) is 30.3 Å². The van der Waals surface area contributed by atoms with E-state index >= 15 is 0 Å². The molecule has 1 fully saturated rings. The number of carbonyl (C=O) groups is 5. The summed E-state index contributed by atoms with van der Waals surface area (Å²) in [6, 6.07) is 5.86. The van der Waals surface area contributed by atoms with Gasteiger partial charge in [-0.25, -0.2) is 4.79 Å². The minimum Gasteiger partial charge on any atom is -0.481 e. The fraction of sp³-hybridized carbons (Fsp3) is 0.577.